The van der Waals surface area contributed by atoms with E-state index >= 15 is 0 Å². The standard InChI is InChI=1S/C10H8F6O2/c1-18-8-5(4-17)2-3-6(9(11,12)13)7(8)10(14,15)16/h2-3,17H,4H2,1H3. The Labute approximate surface area is 97.8 Å². The molecule has 1 aromatic rings. The minimum Gasteiger partial charge on any atom is -0.496 e. The van der Waals surface area contributed by atoms with E-state index in [1.54, 1.807) is 0 Å². The van der Waals surface area contributed by atoms with Gasteiger partial charge >= 0.3 is 12.4 Å². The summed E-state index contributed by atoms with van der Waals surface area (Å²) in [5.74, 6) is -1.01. The number of rotatable bonds is 2. The number of hydrogen-bond acceptors (Lipinski definition) is 2. The number of aliphatic hydroxyl groups is 1. The summed E-state index contributed by atoms with van der Waals surface area (Å²) in [6, 6.07) is 1.02. The Kier molecular flexibility index (Phi) is 3.80. The molecule has 0 atom stereocenters. The van der Waals surface area contributed by atoms with Crippen molar-refractivity contribution in [2.75, 3.05) is 7.11 Å². The lowest BCUT2D eigenvalue weighted by Crippen LogP contribution is -2.18. The van der Waals surface area contributed by atoms with Crippen LogP contribution in [0.3, 0.4) is 0 Å². The van der Waals surface area contributed by atoms with E-state index in [1.165, 1.54) is 0 Å². The first kappa shape index (κ1) is 14.6. The number of halogens is 6. The van der Waals surface area contributed by atoms with Crippen molar-refractivity contribution >= 4 is 0 Å². The highest BCUT2D eigenvalue weighted by atomic mass is 19.4. The molecule has 1 aromatic carbocycles. The molecular formula is C10H8F6O2. The maximum Gasteiger partial charge on any atom is 0.420 e. The van der Waals surface area contributed by atoms with E-state index in [0.29, 0.717) is 0 Å². The molecule has 0 aliphatic rings. The SMILES string of the molecule is COc1c(CO)ccc(C(F)(F)F)c1C(F)(F)F. The van der Waals surface area contributed by atoms with E-state index in [1.807, 2.05) is 0 Å². The number of methoxy groups -OCH3 is 1. The Bertz CT molecular complexity index is 435. The van der Waals surface area contributed by atoms with Crippen LogP contribution in [0.4, 0.5) is 26.3 Å². The van der Waals surface area contributed by atoms with E-state index in [2.05, 4.69) is 4.74 Å². The van der Waals surface area contributed by atoms with Gasteiger partial charge in [0, 0.05) is 5.56 Å². The molecule has 0 saturated carbocycles. The maximum atomic E-state index is 12.7. The van der Waals surface area contributed by atoms with Crippen molar-refractivity contribution in [3.05, 3.63) is 28.8 Å². The van der Waals surface area contributed by atoms with E-state index in [0.717, 1.165) is 13.2 Å². The van der Waals surface area contributed by atoms with Crippen LogP contribution in [0.25, 0.3) is 0 Å². The fourth-order valence-corrected chi connectivity index (χ4v) is 1.50. The highest BCUT2D eigenvalue weighted by Gasteiger charge is 2.46. The first-order valence-electron chi connectivity index (χ1n) is 4.58. The molecule has 18 heavy (non-hydrogen) atoms. The molecule has 0 heterocycles. The summed E-state index contributed by atoms with van der Waals surface area (Å²) < 4.78 is 79.9. The lowest BCUT2D eigenvalue weighted by atomic mass is 10.0. The zero-order valence-corrected chi connectivity index (χ0v) is 8.99. The second-order valence-corrected chi connectivity index (χ2v) is 3.33. The van der Waals surface area contributed by atoms with Crippen LogP contribution in [0.2, 0.25) is 0 Å². The number of hydrogen-bond donors (Lipinski definition) is 1. The molecular weight excluding hydrogens is 266 g/mol. The number of alkyl halides is 6. The molecule has 0 aliphatic heterocycles. The molecule has 0 fully saturated rings. The van der Waals surface area contributed by atoms with Gasteiger partial charge in [-0.3, -0.25) is 0 Å². The lowest BCUT2D eigenvalue weighted by Gasteiger charge is -2.20. The average Bonchev–Trinajstić information content (AvgIpc) is 2.24. The lowest BCUT2D eigenvalue weighted by molar-refractivity contribution is -0.163. The van der Waals surface area contributed by atoms with Gasteiger partial charge in [-0.25, -0.2) is 0 Å². The van der Waals surface area contributed by atoms with Gasteiger partial charge in [0.15, 0.2) is 0 Å². The second kappa shape index (κ2) is 4.68. The van der Waals surface area contributed by atoms with Gasteiger partial charge in [0.05, 0.1) is 19.3 Å². The molecule has 0 aliphatic carbocycles. The molecule has 0 unspecified atom stereocenters. The summed E-state index contributed by atoms with van der Waals surface area (Å²) in [6.07, 6.45) is -10.4. The minimum absolute atomic E-state index is 0.275. The van der Waals surface area contributed by atoms with Crippen molar-refractivity contribution in [2.24, 2.45) is 0 Å². The van der Waals surface area contributed by atoms with E-state index in [4.69, 9.17) is 5.11 Å². The Morgan fingerprint density at radius 2 is 1.61 bits per heavy atom. The third kappa shape index (κ3) is 2.69. The zero-order valence-electron chi connectivity index (χ0n) is 8.99. The number of benzene rings is 1. The van der Waals surface area contributed by atoms with Crippen LogP contribution in [0, 0.1) is 0 Å². The summed E-state index contributed by atoms with van der Waals surface area (Å²) in [5.41, 5.74) is -4.13. The highest BCUT2D eigenvalue weighted by Crippen LogP contribution is 2.46. The molecule has 0 radical (unpaired) electrons. The van der Waals surface area contributed by atoms with Crippen molar-refractivity contribution in [3.63, 3.8) is 0 Å². The van der Waals surface area contributed by atoms with E-state index in [9.17, 15) is 26.3 Å². The van der Waals surface area contributed by atoms with Gasteiger partial charge in [-0.2, -0.15) is 26.3 Å². The van der Waals surface area contributed by atoms with Crippen LogP contribution in [0.1, 0.15) is 16.7 Å². The molecule has 1 N–H and O–H groups in total. The second-order valence-electron chi connectivity index (χ2n) is 3.33. The van der Waals surface area contributed by atoms with Crippen molar-refractivity contribution < 1.29 is 36.2 Å². The summed E-state index contributed by atoms with van der Waals surface area (Å²) in [5, 5.41) is 8.80. The van der Waals surface area contributed by atoms with Crippen LogP contribution in [-0.4, -0.2) is 12.2 Å². The first-order chi connectivity index (χ1) is 8.12. The Balaban J connectivity index is 3.66. The van der Waals surface area contributed by atoms with Gasteiger partial charge in [0.2, 0.25) is 0 Å². The molecule has 0 amide bonds. The van der Waals surface area contributed by atoms with Crippen molar-refractivity contribution in [1.29, 1.82) is 0 Å². The van der Waals surface area contributed by atoms with Crippen LogP contribution in [-0.2, 0) is 19.0 Å². The molecule has 2 nitrogen and oxygen atoms in total. The van der Waals surface area contributed by atoms with Gasteiger partial charge in [-0.1, -0.05) is 6.07 Å². The van der Waals surface area contributed by atoms with Gasteiger partial charge in [0.25, 0.3) is 0 Å². The normalized spacial score (nSPS) is 12.7. The molecule has 0 aromatic heterocycles. The van der Waals surface area contributed by atoms with Crippen molar-refractivity contribution in [1.82, 2.24) is 0 Å². The van der Waals surface area contributed by atoms with Gasteiger partial charge in [-0.05, 0) is 6.07 Å². The molecule has 0 saturated heterocycles. The predicted molar refractivity (Wildman–Crippen MR) is 48.9 cm³/mol. The molecule has 0 bridgehead atoms. The predicted octanol–water partition coefficient (Wildman–Crippen LogP) is 3.23. The third-order valence-electron chi connectivity index (χ3n) is 2.20. The average molecular weight is 274 g/mol. The molecule has 1 rings (SSSR count). The largest absolute Gasteiger partial charge is 0.496 e. The van der Waals surface area contributed by atoms with Crippen molar-refractivity contribution in [2.45, 2.75) is 19.0 Å². The monoisotopic (exact) mass is 274 g/mol. The molecule has 0 spiro atoms. The Morgan fingerprint density at radius 3 is 1.94 bits per heavy atom. The van der Waals surface area contributed by atoms with Crippen LogP contribution in [0.5, 0.6) is 5.75 Å². The smallest absolute Gasteiger partial charge is 0.420 e. The topological polar surface area (TPSA) is 29.5 Å². The first-order valence-corrected chi connectivity index (χ1v) is 4.58. The Hall–Kier alpha value is -1.44. The summed E-state index contributed by atoms with van der Waals surface area (Å²) in [4.78, 5) is 0. The minimum atomic E-state index is -5.23. The van der Waals surface area contributed by atoms with Gasteiger partial charge in [0.1, 0.15) is 11.3 Å². The molecule has 8 heteroatoms. The quantitative estimate of drug-likeness (QED) is 0.839. The van der Waals surface area contributed by atoms with Crippen LogP contribution < -0.4 is 4.74 Å². The van der Waals surface area contributed by atoms with E-state index in [-0.39, 0.29) is 11.6 Å². The number of ether oxygens (including phenoxy) is 1. The summed E-state index contributed by atoms with van der Waals surface area (Å²) in [7, 11) is 0.809. The Morgan fingerprint density at radius 1 is 1.06 bits per heavy atom. The molecule has 102 valence electrons. The highest BCUT2D eigenvalue weighted by molar-refractivity contribution is 5.49. The van der Waals surface area contributed by atoms with E-state index < -0.39 is 35.8 Å². The van der Waals surface area contributed by atoms with Crippen LogP contribution >= 0.6 is 0 Å². The third-order valence-corrected chi connectivity index (χ3v) is 2.20. The summed E-state index contributed by atoms with van der Waals surface area (Å²) in [6.45, 7) is -0.857. The van der Waals surface area contributed by atoms with Crippen LogP contribution in [0.15, 0.2) is 12.1 Å². The van der Waals surface area contributed by atoms with Gasteiger partial charge < -0.3 is 9.84 Å². The van der Waals surface area contributed by atoms with Crippen molar-refractivity contribution in [3.8, 4) is 5.75 Å². The number of aliphatic hydroxyl groups excluding tert-OH is 1. The maximum absolute atomic E-state index is 12.7. The fraction of sp³-hybridized carbons (Fsp3) is 0.400. The fourth-order valence-electron chi connectivity index (χ4n) is 1.50. The zero-order chi connectivity index (χ0) is 14.1. The van der Waals surface area contributed by atoms with Gasteiger partial charge in [-0.15, -0.1) is 0 Å². The summed E-state index contributed by atoms with van der Waals surface area (Å²) >= 11 is 0.